The van der Waals surface area contributed by atoms with Gasteiger partial charge in [0.2, 0.25) is 0 Å². The number of nitrogens with one attached hydrogen (secondary N) is 1. The van der Waals surface area contributed by atoms with Crippen LogP contribution in [0.15, 0.2) is 4.99 Å². The maximum absolute atomic E-state index is 4.75. The average molecular weight is 226 g/mol. The van der Waals surface area contributed by atoms with Crippen molar-refractivity contribution in [1.82, 2.24) is 5.32 Å². The molecule has 0 bridgehead atoms. The SMILES string of the molecule is CCCC(C)N=C1NC2(CCCC2)CS1. The van der Waals surface area contributed by atoms with E-state index < -0.39 is 0 Å². The molecule has 1 N–H and O–H groups in total. The summed E-state index contributed by atoms with van der Waals surface area (Å²) in [7, 11) is 0. The van der Waals surface area contributed by atoms with Crippen molar-refractivity contribution in [2.45, 2.75) is 64.0 Å². The molecule has 0 aromatic carbocycles. The van der Waals surface area contributed by atoms with Crippen molar-refractivity contribution in [3.8, 4) is 0 Å². The maximum Gasteiger partial charge on any atom is 0.157 e. The number of rotatable bonds is 3. The lowest BCUT2D eigenvalue weighted by molar-refractivity contribution is 0.451. The van der Waals surface area contributed by atoms with Crippen molar-refractivity contribution < 1.29 is 0 Å². The van der Waals surface area contributed by atoms with Gasteiger partial charge in [0.1, 0.15) is 0 Å². The van der Waals surface area contributed by atoms with Gasteiger partial charge < -0.3 is 5.32 Å². The molecular formula is C12H22N2S. The molecule has 2 rings (SSSR count). The minimum Gasteiger partial charge on any atom is -0.359 e. The van der Waals surface area contributed by atoms with Gasteiger partial charge in [-0.1, -0.05) is 37.9 Å². The Balaban J connectivity index is 1.91. The van der Waals surface area contributed by atoms with E-state index in [0.717, 1.165) is 0 Å². The van der Waals surface area contributed by atoms with Crippen molar-refractivity contribution >= 4 is 16.9 Å². The van der Waals surface area contributed by atoms with Crippen LogP contribution in [0.1, 0.15) is 52.4 Å². The van der Waals surface area contributed by atoms with Crippen LogP contribution in [0.4, 0.5) is 0 Å². The summed E-state index contributed by atoms with van der Waals surface area (Å²) in [6.07, 6.45) is 7.92. The highest BCUT2D eigenvalue weighted by atomic mass is 32.2. The number of thioether (sulfide) groups is 1. The second-order valence-electron chi connectivity index (χ2n) is 4.97. The van der Waals surface area contributed by atoms with E-state index in [0.29, 0.717) is 11.6 Å². The zero-order valence-electron chi connectivity index (χ0n) is 9.88. The summed E-state index contributed by atoms with van der Waals surface area (Å²) in [5, 5.41) is 4.87. The number of nitrogens with zero attached hydrogens (tertiary/aromatic N) is 1. The third-order valence-corrected chi connectivity index (χ3v) is 4.64. The molecule has 1 saturated heterocycles. The summed E-state index contributed by atoms with van der Waals surface area (Å²) >= 11 is 1.93. The molecular weight excluding hydrogens is 204 g/mol. The molecule has 0 amide bonds. The molecule has 1 aliphatic heterocycles. The third-order valence-electron chi connectivity index (χ3n) is 3.46. The van der Waals surface area contributed by atoms with Gasteiger partial charge in [-0.2, -0.15) is 0 Å². The number of hydrogen-bond acceptors (Lipinski definition) is 2. The van der Waals surface area contributed by atoms with Crippen LogP contribution in [0.2, 0.25) is 0 Å². The summed E-state index contributed by atoms with van der Waals surface area (Å²) in [6, 6.07) is 0.488. The van der Waals surface area contributed by atoms with E-state index in [1.165, 1.54) is 49.4 Å². The van der Waals surface area contributed by atoms with E-state index in [2.05, 4.69) is 19.2 Å². The standard InChI is InChI=1S/C12H22N2S/c1-3-6-10(2)13-11-14-12(9-15-11)7-4-5-8-12/h10H,3-9H2,1-2H3,(H,13,14). The fourth-order valence-electron chi connectivity index (χ4n) is 2.58. The van der Waals surface area contributed by atoms with Gasteiger partial charge in [0.15, 0.2) is 5.17 Å². The van der Waals surface area contributed by atoms with E-state index in [4.69, 9.17) is 4.99 Å². The van der Waals surface area contributed by atoms with Crippen LogP contribution >= 0.6 is 11.8 Å². The smallest absolute Gasteiger partial charge is 0.157 e. The molecule has 0 aromatic heterocycles. The minimum atomic E-state index is 0.426. The first-order valence-corrected chi connectivity index (χ1v) is 7.21. The topological polar surface area (TPSA) is 24.4 Å². The Morgan fingerprint density at radius 2 is 2.20 bits per heavy atom. The molecule has 0 aromatic rings. The van der Waals surface area contributed by atoms with E-state index in [9.17, 15) is 0 Å². The Morgan fingerprint density at radius 3 is 2.87 bits per heavy atom. The molecule has 1 spiro atoms. The molecule has 1 heterocycles. The second kappa shape index (κ2) is 4.77. The Morgan fingerprint density at radius 1 is 1.47 bits per heavy atom. The number of amidine groups is 1. The van der Waals surface area contributed by atoms with Gasteiger partial charge in [0, 0.05) is 17.3 Å². The van der Waals surface area contributed by atoms with Crippen LogP contribution < -0.4 is 5.32 Å². The lowest BCUT2D eigenvalue weighted by atomic mass is 10.0. The number of aliphatic imine (C=N–C) groups is 1. The molecule has 3 heteroatoms. The highest BCUT2D eigenvalue weighted by molar-refractivity contribution is 8.14. The van der Waals surface area contributed by atoms with Crippen LogP contribution in [0, 0.1) is 0 Å². The lowest BCUT2D eigenvalue weighted by Gasteiger charge is -2.22. The highest BCUT2D eigenvalue weighted by Gasteiger charge is 2.39. The predicted octanol–water partition coefficient (Wildman–Crippen LogP) is 3.18. The summed E-state index contributed by atoms with van der Waals surface area (Å²) in [5.74, 6) is 1.24. The van der Waals surface area contributed by atoms with Gasteiger partial charge >= 0.3 is 0 Å². The molecule has 15 heavy (non-hydrogen) atoms. The fourth-order valence-corrected chi connectivity index (χ4v) is 3.90. The van der Waals surface area contributed by atoms with Crippen molar-refractivity contribution in [3.63, 3.8) is 0 Å². The zero-order chi connectivity index (χ0) is 10.7. The second-order valence-corrected chi connectivity index (χ2v) is 5.94. The Kier molecular flexibility index (Phi) is 3.60. The van der Waals surface area contributed by atoms with E-state index in [1.807, 2.05) is 11.8 Å². The van der Waals surface area contributed by atoms with Crippen LogP contribution in [0.5, 0.6) is 0 Å². The van der Waals surface area contributed by atoms with Crippen molar-refractivity contribution in [2.75, 3.05) is 5.75 Å². The van der Waals surface area contributed by atoms with Gasteiger partial charge in [-0.15, -0.1) is 0 Å². The fraction of sp³-hybridized carbons (Fsp3) is 0.917. The monoisotopic (exact) mass is 226 g/mol. The Labute approximate surface area is 97.3 Å². The van der Waals surface area contributed by atoms with Crippen molar-refractivity contribution in [2.24, 2.45) is 4.99 Å². The van der Waals surface area contributed by atoms with Gasteiger partial charge in [-0.3, -0.25) is 4.99 Å². The van der Waals surface area contributed by atoms with Gasteiger partial charge in [-0.05, 0) is 26.2 Å². The Hall–Kier alpha value is -0.180. The third kappa shape index (κ3) is 2.68. The molecule has 2 nitrogen and oxygen atoms in total. The maximum atomic E-state index is 4.75. The molecule has 1 aliphatic carbocycles. The molecule has 2 fully saturated rings. The van der Waals surface area contributed by atoms with Crippen LogP contribution in [0.3, 0.4) is 0 Å². The molecule has 1 atom stereocenters. The van der Waals surface area contributed by atoms with E-state index >= 15 is 0 Å². The van der Waals surface area contributed by atoms with Crippen LogP contribution in [-0.2, 0) is 0 Å². The minimum absolute atomic E-state index is 0.426. The first-order valence-electron chi connectivity index (χ1n) is 6.23. The first-order chi connectivity index (χ1) is 7.24. The van der Waals surface area contributed by atoms with Gasteiger partial charge in [0.05, 0.1) is 0 Å². The molecule has 1 saturated carbocycles. The van der Waals surface area contributed by atoms with Crippen molar-refractivity contribution in [3.05, 3.63) is 0 Å². The number of hydrogen-bond donors (Lipinski definition) is 1. The first kappa shape index (κ1) is 11.3. The molecule has 1 unspecified atom stereocenters. The molecule has 86 valence electrons. The summed E-state index contributed by atoms with van der Waals surface area (Å²) in [6.45, 7) is 4.45. The molecule has 0 radical (unpaired) electrons. The lowest BCUT2D eigenvalue weighted by Crippen LogP contribution is -2.40. The predicted molar refractivity (Wildman–Crippen MR) is 68.6 cm³/mol. The summed E-state index contributed by atoms with van der Waals surface area (Å²) < 4.78 is 0. The normalized spacial score (nSPS) is 28.5. The van der Waals surface area contributed by atoms with Gasteiger partial charge in [0.25, 0.3) is 0 Å². The quantitative estimate of drug-likeness (QED) is 0.799. The van der Waals surface area contributed by atoms with Crippen molar-refractivity contribution in [1.29, 1.82) is 0 Å². The van der Waals surface area contributed by atoms with Gasteiger partial charge in [-0.25, -0.2) is 0 Å². The van der Waals surface area contributed by atoms with Crippen LogP contribution in [0.25, 0.3) is 0 Å². The van der Waals surface area contributed by atoms with E-state index in [-0.39, 0.29) is 0 Å². The average Bonchev–Trinajstić information content (AvgIpc) is 2.79. The molecule has 2 aliphatic rings. The van der Waals surface area contributed by atoms with Crippen LogP contribution in [-0.4, -0.2) is 22.5 Å². The highest BCUT2D eigenvalue weighted by Crippen LogP contribution is 2.37. The Bertz CT molecular complexity index is 244. The largest absolute Gasteiger partial charge is 0.359 e. The summed E-state index contributed by atoms with van der Waals surface area (Å²) in [5.41, 5.74) is 0.426. The summed E-state index contributed by atoms with van der Waals surface area (Å²) in [4.78, 5) is 4.75. The zero-order valence-corrected chi connectivity index (χ0v) is 10.7. The van der Waals surface area contributed by atoms with E-state index in [1.54, 1.807) is 0 Å².